The molecule has 1 unspecified atom stereocenters. The summed E-state index contributed by atoms with van der Waals surface area (Å²) in [6.07, 6.45) is 5.83. The zero-order valence-corrected chi connectivity index (χ0v) is 10.2. The number of nitrogens with zero attached hydrogens (tertiary/aromatic N) is 1. The van der Waals surface area contributed by atoms with Gasteiger partial charge in [-0.15, -0.1) is 11.6 Å². The van der Waals surface area contributed by atoms with E-state index < -0.39 is 0 Å². The molecule has 0 radical (unpaired) electrons. The Bertz CT molecular complexity index is 289. The Kier molecular flexibility index (Phi) is 5.66. The van der Waals surface area contributed by atoms with Crippen molar-refractivity contribution in [1.29, 1.82) is 0 Å². The fourth-order valence-corrected chi connectivity index (χ4v) is 1.52. The summed E-state index contributed by atoms with van der Waals surface area (Å²) in [4.78, 5) is 4.15. The molecule has 3 heteroatoms. The topological polar surface area (TPSA) is 24.9 Å². The predicted molar refractivity (Wildman–Crippen MR) is 65.2 cm³/mol. The van der Waals surface area contributed by atoms with E-state index in [9.17, 15) is 0 Å². The molecular weight excluding hydrogens is 208 g/mol. The van der Waals surface area contributed by atoms with E-state index in [1.54, 1.807) is 0 Å². The van der Waals surface area contributed by atoms with E-state index in [4.69, 9.17) is 11.6 Å². The van der Waals surface area contributed by atoms with Crippen LogP contribution in [-0.2, 0) is 6.54 Å². The number of halogens is 1. The van der Waals surface area contributed by atoms with Crippen LogP contribution in [0.5, 0.6) is 0 Å². The van der Waals surface area contributed by atoms with Crippen LogP contribution in [0, 0.1) is 6.92 Å². The van der Waals surface area contributed by atoms with Crippen LogP contribution in [0.25, 0.3) is 0 Å². The average molecular weight is 227 g/mol. The van der Waals surface area contributed by atoms with Crippen LogP contribution in [0.1, 0.15) is 30.9 Å². The number of aryl methyl sites for hydroxylation is 1. The highest BCUT2D eigenvalue weighted by Crippen LogP contribution is 2.05. The van der Waals surface area contributed by atoms with Gasteiger partial charge >= 0.3 is 0 Å². The van der Waals surface area contributed by atoms with Crippen LogP contribution in [0.4, 0.5) is 0 Å². The number of pyridine rings is 1. The van der Waals surface area contributed by atoms with Crippen LogP contribution in [0.3, 0.4) is 0 Å². The fraction of sp³-hybridized carbons (Fsp3) is 0.583. The van der Waals surface area contributed by atoms with Crippen molar-refractivity contribution in [2.45, 2.75) is 38.6 Å². The molecule has 0 aromatic carbocycles. The number of aromatic nitrogens is 1. The Morgan fingerprint density at radius 2 is 2.27 bits per heavy atom. The average Bonchev–Trinajstić information content (AvgIpc) is 2.24. The molecule has 0 aliphatic rings. The Hall–Kier alpha value is -0.600. The lowest BCUT2D eigenvalue weighted by molar-refractivity contribution is 0.621. The highest BCUT2D eigenvalue weighted by molar-refractivity contribution is 6.20. The van der Waals surface area contributed by atoms with Crippen molar-refractivity contribution in [2.24, 2.45) is 0 Å². The molecule has 1 rings (SSSR count). The van der Waals surface area contributed by atoms with Gasteiger partial charge in [-0.05, 0) is 37.4 Å². The molecule has 1 aromatic heterocycles. The summed E-state index contributed by atoms with van der Waals surface area (Å²) >= 11 is 6.02. The van der Waals surface area contributed by atoms with Crippen molar-refractivity contribution in [3.8, 4) is 0 Å². The summed E-state index contributed by atoms with van der Waals surface area (Å²) in [5.74, 6) is 0. The summed E-state index contributed by atoms with van der Waals surface area (Å²) in [5, 5.41) is 3.67. The zero-order valence-electron chi connectivity index (χ0n) is 9.46. The molecular formula is C12H19ClN2. The van der Waals surface area contributed by atoms with Gasteiger partial charge in [0.2, 0.25) is 0 Å². The maximum Gasteiger partial charge on any atom is 0.0345 e. The van der Waals surface area contributed by atoms with Crippen molar-refractivity contribution in [1.82, 2.24) is 10.3 Å². The highest BCUT2D eigenvalue weighted by atomic mass is 35.5. The quantitative estimate of drug-likeness (QED) is 0.596. The molecule has 15 heavy (non-hydrogen) atoms. The number of hydrogen-bond donors (Lipinski definition) is 1. The smallest absolute Gasteiger partial charge is 0.0345 e. The van der Waals surface area contributed by atoms with E-state index in [1.165, 1.54) is 11.1 Å². The lowest BCUT2D eigenvalue weighted by atomic mass is 10.2. The Morgan fingerprint density at radius 1 is 1.47 bits per heavy atom. The van der Waals surface area contributed by atoms with E-state index in [0.29, 0.717) is 5.38 Å². The second-order valence-corrected chi connectivity index (χ2v) is 4.46. The predicted octanol–water partition coefficient (Wildman–Crippen LogP) is 2.89. The van der Waals surface area contributed by atoms with Crippen LogP contribution < -0.4 is 5.32 Å². The van der Waals surface area contributed by atoms with Gasteiger partial charge in [-0.2, -0.15) is 0 Å². The normalized spacial score (nSPS) is 12.7. The monoisotopic (exact) mass is 226 g/mol. The Morgan fingerprint density at radius 3 is 2.93 bits per heavy atom. The van der Waals surface area contributed by atoms with Crippen LogP contribution >= 0.6 is 11.6 Å². The Labute approximate surface area is 97.1 Å². The van der Waals surface area contributed by atoms with Crippen LogP contribution in [0.15, 0.2) is 18.5 Å². The van der Waals surface area contributed by atoms with Crippen LogP contribution in [-0.4, -0.2) is 16.9 Å². The molecule has 1 aromatic rings. The van der Waals surface area contributed by atoms with E-state index in [1.807, 2.05) is 12.4 Å². The molecule has 0 fully saturated rings. The fourth-order valence-electron chi connectivity index (χ4n) is 1.41. The number of rotatable bonds is 6. The molecule has 0 bridgehead atoms. The largest absolute Gasteiger partial charge is 0.313 e. The number of nitrogens with one attached hydrogen (secondary N) is 1. The van der Waals surface area contributed by atoms with Gasteiger partial charge in [0.1, 0.15) is 0 Å². The maximum absolute atomic E-state index is 6.02. The van der Waals surface area contributed by atoms with E-state index in [-0.39, 0.29) is 0 Å². The van der Waals surface area contributed by atoms with Crippen molar-refractivity contribution < 1.29 is 0 Å². The number of alkyl halides is 1. The van der Waals surface area contributed by atoms with Gasteiger partial charge < -0.3 is 5.32 Å². The van der Waals surface area contributed by atoms with Gasteiger partial charge in [0, 0.05) is 24.3 Å². The molecule has 0 amide bonds. The van der Waals surface area contributed by atoms with Crippen LogP contribution in [0.2, 0.25) is 0 Å². The lowest BCUT2D eigenvalue weighted by Gasteiger charge is -2.07. The third kappa shape index (κ3) is 5.14. The number of hydrogen-bond acceptors (Lipinski definition) is 2. The molecule has 1 heterocycles. The van der Waals surface area contributed by atoms with Gasteiger partial charge in [0.25, 0.3) is 0 Å². The SMILES string of the molecule is CCC(Cl)CCNCc1cncc(C)c1. The van der Waals surface area contributed by atoms with E-state index in [0.717, 1.165) is 25.9 Å². The Balaban J connectivity index is 2.20. The lowest BCUT2D eigenvalue weighted by Crippen LogP contribution is -2.17. The van der Waals surface area contributed by atoms with Gasteiger partial charge in [0.05, 0.1) is 0 Å². The minimum Gasteiger partial charge on any atom is -0.313 e. The molecule has 0 saturated carbocycles. The third-order valence-electron chi connectivity index (χ3n) is 2.34. The van der Waals surface area contributed by atoms with Crippen molar-refractivity contribution in [3.05, 3.63) is 29.6 Å². The van der Waals surface area contributed by atoms with E-state index >= 15 is 0 Å². The summed E-state index contributed by atoms with van der Waals surface area (Å²) in [5.41, 5.74) is 2.44. The molecule has 0 saturated heterocycles. The molecule has 1 atom stereocenters. The molecule has 1 N–H and O–H groups in total. The summed E-state index contributed by atoms with van der Waals surface area (Å²) in [6, 6.07) is 2.15. The zero-order chi connectivity index (χ0) is 11.1. The summed E-state index contributed by atoms with van der Waals surface area (Å²) < 4.78 is 0. The van der Waals surface area contributed by atoms with E-state index in [2.05, 4.69) is 30.2 Å². The van der Waals surface area contributed by atoms with Crippen molar-refractivity contribution in [3.63, 3.8) is 0 Å². The highest BCUT2D eigenvalue weighted by Gasteiger charge is 2.00. The summed E-state index contributed by atoms with van der Waals surface area (Å²) in [7, 11) is 0. The second kappa shape index (κ2) is 6.81. The molecule has 0 aliphatic heterocycles. The first kappa shape index (κ1) is 12.5. The summed E-state index contributed by atoms with van der Waals surface area (Å²) in [6.45, 7) is 6.02. The van der Waals surface area contributed by atoms with Crippen molar-refractivity contribution in [2.75, 3.05) is 6.54 Å². The van der Waals surface area contributed by atoms with Crippen molar-refractivity contribution >= 4 is 11.6 Å². The molecule has 0 spiro atoms. The standard InChI is InChI=1S/C12H19ClN2/c1-3-12(13)4-5-14-8-11-6-10(2)7-15-9-11/h6-7,9,12,14H,3-5,8H2,1-2H3. The second-order valence-electron chi connectivity index (χ2n) is 3.84. The molecule has 0 aliphatic carbocycles. The first-order valence-electron chi connectivity index (χ1n) is 5.47. The third-order valence-corrected chi connectivity index (χ3v) is 2.86. The maximum atomic E-state index is 6.02. The van der Waals surface area contributed by atoms with Gasteiger partial charge in [-0.3, -0.25) is 4.98 Å². The van der Waals surface area contributed by atoms with Gasteiger partial charge in [-0.25, -0.2) is 0 Å². The minimum absolute atomic E-state index is 0.299. The minimum atomic E-state index is 0.299. The molecule has 2 nitrogen and oxygen atoms in total. The van der Waals surface area contributed by atoms with Gasteiger partial charge in [0.15, 0.2) is 0 Å². The van der Waals surface area contributed by atoms with Gasteiger partial charge in [-0.1, -0.05) is 13.0 Å². The molecule has 84 valence electrons. The first-order valence-corrected chi connectivity index (χ1v) is 5.91. The first-order chi connectivity index (χ1) is 7.22.